The Morgan fingerprint density at radius 1 is 1.05 bits per heavy atom. The number of sulfonamides is 1. The second kappa shape index (κ2) is 13.9. The van der Waals surface area contributed by atoms with E-state index in [1.807, 2.05) is 37.4 Å². The number of nitrogens with zero attached hydrogens (tertiary/aromatic N) is 2. The van der Waals surface area contributed by atoms with E-state index in [1.54, 1.807) is 43.3 Å². The number of thioether (sulfide) groups is 1. The van der Waals surface area contributed by atoms with E-state index in [0.717, 1.165) is 19.2 Å². The van der Waals surface area contributed by atoms with Crippen LogP contribution in [0.3, 0.4) is 0 Å². The molecule has 0 bridgehead atoms. The van der Waals surface area contributed by atoms with Gasteiger partial charge in [-0.3, -0.25) is 13.9 Å². The summed E-state index contributed by atoms with van der Waals surface area (Å²) in [6.45, 7) is 3.55. The van der Waals surface area contributed by atoms with Crippen LogP contribution in [0.4, 0.5) is 5.69 Å². The van der Waals surface area contributed by atoms with Gasteiger partial charge in [0, 0.05) is 23.0 Å². The lowest BCUT2D eigenvalue weighted by atomic mass is 10.1. The Morgan fingerprint density at radius 3 is 2.28 bits per heavy atom. The monoisotopic (exact) mass is 633 g/mol. The van der Waals surface area contributed by atoms with Gasteiger partial charge < -0.3 is 15.0 Å². The predicted molar refractivity (Wildman–Crippen MR) is 159 cm³/mol. The number of hydrogen-bond donors (Lipinski definition) is 1. The number of carbonyl (C=O) groups excluding carboxylic acids is 2. The fourth-order valence-corrected chi connectivity index (χ4v) is 6.17. The van der Waals surface area contributed by atoms with Crippen molar-refractivity contribution in [3.8, 4) is 5.75 Å². The maximum absolute atomic E-state index is 13.9. The number of ether oxygens (including phenoxy) is 1. The minimum absolute atomic E-state index is 0.0554. The smallest absolute Gasteiger partial charge is 0.264 e. The molecule has 0 heterocycles. The van der Waals surface area contributed by atoms with Gasteiger partial charge in [0.1, 0.15) is 18.3 Å². The molecular weight excluding hydrogens is 602 g/mol. The Morgan fingerprint density at radius 2 is 1.72 bits per heavy atom. The van der Waals surface area contributed by atoms with Crippen LogP contribution in [0.2, 0.25) is 0 Å². The van der Waals surface area contributed by atoms with Crippen molar-refractivity contribution in [3.05, 3.63) is 82.8 Å². The third-order valence-corrected chi connectivity index (χ3v) is 9.04. The quantitative estimate of drug-likeness (QED) is 0.284. The predicted octanol–water partition coefficient (Wildman–Crippen LogP) is 4.93. The van der Waals surface area contributed by atoms with Crippen molar-refractivity contribution >= 4 is 55.2 Å². The molecule has 0 aliphatic rings. The molecule has 0 aliphatic heterocycles. The number of hydrogen-bond acceptors (Lipinski definition) is 6. The van der Waals surface area contributed by atoms with E-state index in [2.05, 4.69) is 21.2 Å². The third-order valence-electron chi connectivity index (χ3n) is 6.02. The first-order valence-corrected chi connectivity index (χ1v) is 15.7. The molecule has 3 aromatic carbocycles. The summed E-state index contributed by atoms with van der Waals surface area (Å²) in [5.41, 5.74) is 1.09. The lowest BCUT2D eigenvalue weighted by Gasteiger charge is -2.32. The molecule has 8 nitrogen and oxygen atoms in total. The Bertz CT molecular complexity index is 1380. The maximum Gasteiger partial charge on any atom is 0.264 e. The van der Waals surface area contributed by atoms with E-state index in [1.165, 1.54) is 35.8 Å². The molecule has 0 saturated carbocycles. The molecule has 0 fully saturated rings. The second-order valence-corrected chi connectivity index (χ2v) is 12.2. The Kier molecular flexibility index (Phi) is 10.8. The van der Waals surface area contributed by atoms with Gasteiger partial charge in [-0.2, -0.15) is 0 Å². The van der Waals surface area contributed by atoms with Crippen molar-refractivity contribution in [2.45, 2.75) is 36.2 Å². The summed E-state index contributed by atoms with van der Waals surface area (Å²) in [7, 11) is -2.64. The number of halogens is 1. The molecule has 1 atom stereocenters. The van der Waals surface area contributed by atoms with Crippen LogP contribution in [0.25, 0.3) is 0 Å². The average Bonchev–Trinajstić information content (AvgIpc) is 2.94. The van der Waals surface area contributed by atoms with Crippen molar-refractivity contribution in [2.75, 3.05) is 30.8 Å². The van der Waals surface area contributed by atoms with E-state index < -0.39 is 28.5 Å². The number of benzene rings is 3. The molecule has 208 valence electrons. The minimum atomic E-state index is -4.14. The highest BCUT2D eigenvalue weighted by Gasteiger charge is 2.32. The summed E-state index contributed by atoms with van der Waals surface area (Å²) in [5.74, 6) is -0.301. The van der Waals surface area contributed by atoms with Crippen molar-refractivity contribution in [1.82, 2.24) is 10.2 Å². The molecule has 2 amide bonds. The molecule has 0 radical (unpaired) electrons. The van der Waals surface area contributed by atoms with E-state index >= 15 is 0 Å². The topological polar surface area (TPSA) is 96.0 Å². The van der Waals surface area contributed by atoms with Gasteiger partial charge in [0.05, 0.1) is 17.2 Å². The molecule has 1 N–H and O–H groups in total. The largest absolute Gasteiger partial charge is 0.494 e. The molecule has 0 saturated heterocycles. The Hall–Kier alpha value is -3.02. The number of anilines is 1. The van der Waals surface area contributed by atoms with E-state index in [0.29, 0.717) is 18.0 Å². The lowest BCUT2D eigenvalue weighted by Crippen LogP contribution is -2.50. The normalized spacial score (nSPS) is 11.9. The maximum atomic E-state index is 13.9. The van der Waals surface area contributed by atoms with Gasteiger partial charge in [0.25, 0.3) is 10.0 Å². The SMILES string of the molecule is CCOc1ccc(N(CC(=O)N(Cc2cccc(Br)c2)[C@H](C)C(=O)NC)S(=O)(=O)c2ccc(SC)cc2)cc1. The first-order valence-electron chi connectivity index (χ1n) is 12.3. The van der Waals surface area contributed by atoms with Gasteiger partial charge in [0.2, 0.25) is 11.8 Å². The van der Waals surface area contributed by atoms with Crippen LogP contribution in [0.5, 0.6) is 5.75 Å². The Balaban J connectivity index is 2.03. The Labute approximate surface area is 242 Å². The van der Waals surface area contributed by atoms with E-state index in [9.17, 15) is 18.0 Å². The van der Waals surface area contributed by atoms with E-state index in [-0.39, 0.29) is 17.3 Å². The number of likely N-dealkylation sites (N-methyl/N-ethyl adjacent to an activating group) is 1. The molecule has 11 heteroatoms. The van der Waals surface area contributed by atoms with E-state index in [4.69, 9.17) is 4.74 Å². The molecule has 0 spiro atoms. The summed E-state index contributed by atoms with van der Waals surface area (Å²) in [5, 5.41) is 2.58. The summed E-state index contributed by atoms with van der Waals surface area (Å²) in [4.78, 5) is 28.8. The molecule has 3 rings (SSSR count). The van der Waals surface area contributed by atoms with Gasteiger partial charge in [-0.25, -0.2) is 8.42 Å². The highest BCUT2D eigenvalue weighted by atomic mass is 79.9. The highest BCUT2D eigenvalue weighted by molar-refractivity contribution is 9.10. The zero-order valence-corrected chi connectivity index (χ0v) is 25.5. The van der Waals surface area contributed by atoms with Gasteiger partial charge >= 0.3 is 0 Å². The molecule has 3 aromatic rings. The number of amides is 2. The van der Waals surface area contributed by atoms with Gasteiger partial charge in [-0.05, 0) is 86.3 Å². The second-order valence-electron chi connectivity index (χ2n) is 8.56. The standard InChI is InChI=1S/C28H32BrN3O5S2/c1-5-37-24-11-9-23(10-12-24)32(39(35,36)26-15-13-25(38-4)14-16-26)19-27(33)31(20(2)28(34)30-3)18-21-7-6-8-22(29)17-21/h6-17,20H,5,18-19H2,1-4H3,(H,30,34)/t20-/m1/s1. The average molecular weight is 635 g/mol. The lowest BCUT2D eigenvalue weighted by molar-refractivity contribution is -0.139. The van der Waals surface area contributed by atoms with Crippen LogP contribution in [-0.2, 0) is 26.2 Å². The summed E-state index contributed by atoms with van der Waals surface area (Å²) in [6.07, 6.45) is 1.90. The first kappa shape index (κ1) is 30.5. The number of rotatable bonds is 12. The van der Waals surface area contributed by atoms with Crippen LogP contribution < -0.4 is 14.4 Å². The van der Waals surface area contributed by atoms with Crippen LogP contribution in [-0.4, -0.2) is 57.6 Å². The minimum Gasteiger partial charge on any atom is -0.494 e. The first-order chi connectivity index (χ1) is 18.6. The molecule has 0 unspecified atom stereocenters. The summed E-state index contributed by atoms with van der Waals surface area (Å²) in [6, 6.07) is 19.6. The fraction of sp³-hybridized carbons (Fsp3) is 0.286. The highest BCUT2D eigenvalue weighted by Crippen LogP contribution is 2.28. The number of carbonyl (C=O) groups is 2. The fourth-order valence-electron chi connectivity index (χ4n) is 3.90. The van der Waals surface area contributed by atoms with Gasteiger partial charge in [0.15, 0.2) is 0 Å². The molecular formula is C28H32BrN3O5S2. The molecule has 0 aromatic heterocycles. The van der Waals surface area contributed by atoms with Crippen molar-refractivity contribution in [2.24, 2.45) is 0 Å². The van der Waals surface area contributed by atoms with Crippen molar-refractivity contribution in [3.63, 3.8) is 0 Å². The van der Waals surface area contributed by atoms with Crippen molar-refractivity contribution in [1.29, 1.82) is 0 Å². The van der Waals surface area contributed by atoms with Crippen molar-refractivity contribution < 1.29 is 22.7 Å². The van der Waals surface area contributed by atoms with Crippen LogP contribution >= 0.6 is 27.7 Å². The van der Waals surface area contributed by atoms with Crippen LogP contribution in [0.15, 0.2) is 87.1 Å². The number of nitrogens with one attached hydrogen (secondary N) is 1. The molecule has 39 heavy (non-hydrogen) atoms. The van der Waals surface area contributed by atoms with Crippen LogP contribution in [0.1, 0.15) is 19.4 Å². The summed E-state index contributed by atoms with van der Waals surface area (Å²) < 4.78 is 35.2. The summed E-state index contributed by atoms with van der Waals surface area (Å²) >= 11 is 4.94. The molecule has 0 aliphatic carbocycles. The van der Waals surface area contributed by atoms with Crippen LogP contribution in [0, 0.1) is 0 Å². The third kappa shape index (κ3) is 7.77. The van der Waals surface area contributed by atoms with Gasteiger partial charge in [-0.15, -0.1) is 11.8 Å². The zero-order chi connectivity index (χ0) is 28.6. The zero-order valence-electron chi connectivity index (χ0n) is 22.3. The van der Waals surface area contributed by atoms with Gasteiger partial charge in [-0.1, -0.05) is 28.1 Å².